The minimum absolute atomic E-state index is 0.0976. The van der Waals surface area contributed by atoms with E-state index in [1.54, 1.807) is 6.33 Å². The second-order valence-corrected chi connectivity index (χ2v) is 11.3. The first-order valence-electron chi connectivity index (χ1n) is 10.7. The van der Waals surface area contributed by atoms with E-state index in [9.17, 15) is 8.42 Å². The van der Waals surface area contributed by atoms with Gasteiger partial charge in [0.1, 0.15) is 17.8 Å². The molecule has 0 amide bonds. The van der Waals surface area contributed by atoms with Crippen molar-refractivity contribution in [3.63, 3.8) is 0 Å². The van der Waals surface area contributed by atoms with E-state index in [-0.39, 0.29) is 5.25 Å². The second-order valence-electron chi connectivity index (χ2n) is 8.95. The molecule has 28 heavy (non-hydrogen) atoms. The van der Waals surface area contributed by atoms with Gasteiger partial charge >= 0.3 is 0 Å². The van der Waals surface area contributed by atoms with Crippen LogP contribution < -0.4 is 4.90 Å². The second kappa shape index (κ2) is 8.01. The van der Waals surface area contributed by atoms with Gasteiger partial charge in [0.05, 0.1) is 16.4 Å². The number of H-pyrrole nitrogens is 1. The Morgan fingerprint density at radius 3 is 2.68 bits per heavy atom. The number of hydrogen-bond donors (Lipinski definition) is 1. The molecule has 6 nitrogen and oxygen atoms in total. The van der Waals surface area contributed by atoms with Crippen molar-refractivity contribution >= 4 is 26.7 Å². The number of hydrogen-bond acceptors (Lipinski definition) is 5. The van der Waals surface area contributed by atoms with Crippen LogP contribution in [-0.4, -0.2) is 47.5 Å². The molecule has 0 aromatic carbocycles. The van der Waals surface area contributed by atoms with Crippen LogP contribution in [-0.2, 0) is 9.84 Å². The van der Waals surface area contributed by atoms with E-state index in [1.165, 1.54) is 6.42 Å². The van der Waals surface area contributed by atoms with E-state index in [4.69, 9.17) is 0 Å². The molecule has 7 heteroatoms. The number of fused-ring (bicyclic) bond motifs is 1. The number of nitrogens with one attached hydrogen (secondary N) is 1. The van der Waals surface area contributed by atoms with Gasteiger partial charge in [-0.2, -0.15) is 0 Å². The van der Waals surface area contributed by atoms with Crippen molar-refractivity contribution in [2.45, 2.75) is 69.6 Å². The fraction of sp³-hybridized carbons (Fsp3) is 0.714. The summed E-state index contributed by atoms with van der Waals surface area (Å²) in [6.07, 6.45) is 11.5. The molecule has 0 bridgehead atoms. The van der Waals surface area contributed by atoms with Gasteiger partial charge in [-0.3, -0.25) is 0 Å². The van der Waals surface area contributed by atoms with Gasteiger partial charge in [-0.1, -0.05) is 19.8 Å². The number of aromatic amines is 1. The third kappa shape index (κ3) is 4.04. The molecular weight excluding hydrogens is 372 g/mol. The Bertz CT molecular complexity index is 902. The first kappa shape index (κ1) is 19.7. The van der Waals surface area contributed by atoms with Crippen LogP contribution in [0.1, 0.15) is 58.3 Å². The van der Waals surface area contributed by atoms with Crippen LogP contribution in [0.4, 0.5) is 5.82 Å². The normalized spacial score (nSPS) is 29.1. The maximum absolute atomic E-state index is 12.9. The molecule has 2 aliphatic rings. The van der Waals surface area contributed by atoms with Crippen LogP contribution in [0.15, 0.2) is 18.6 Å². The minimum atomic E-state index is -2.97. The van der Waals surface area contributed by atoms with Gasteiger partial charge < -0.3 is 9.88 Å². The Hall–Kier alpha value is -1.63. The lowest BCUT2D eigenvalue weighted by molar-refractivity contribution is 0.336. The molecule has 2 aliphatic carbocycles. The number of sulfone groups is 1. The largest absolute Gasteiger partial charge is 0.356 e. The lowest BCUT2D eigenvalue weighted by Crippen LogP contribution is -2.38. The average Bonchev–Trinajstić information content (AvgIpc) is 3.17. The quantitative estimate of drug-likeness (QED) is 0.816. The molecule has 0 aliphatic heterocycles. The molecule has 1 unspecified atom stereocenters. The summed E-state index contributed by atoms with van der Waals surface area (Å²) >= 11 is 0. The molecule has 2 aromatic rings. The van der Waals surface area contributed by atoms with Crippen molar-refractivity contribution in [1.82, 2.24) is 15.0 Å². The Balaban J connectivity index is 1.36. The van der Waals surface area contributed by atoms with E-state index in [1.807, 2.05) is 12.3 Å². The summed E-state index contributed by atoms with van der Waals surface area (Å²) in [5, 5.41) is 0.945. The maximum atomic E-state index is 12.9. The van der Waals surface area contributed by atoms with E-state index in [0.717, 1.165) is 61.8 Å². The van der Waals surface area contributed by atoms with Gasteiger partial charge in [-0.05, 0) is 56.4 Å². The highest BCUT2D eigenvalue weighted by molar-refractivity contribution is 7.92. The molecule has 2 atom stereocenters. The summed E-state index contributed by atoms with van der Waals surface area (Å²) < 4.78 is 25.8. The minimum Gasteiger partial charge on any atom is -0.356 e. The smallest absolute Gasteiger partial charge is 0.153 e. The highest BCUT2D eigenvalue weighted by Gasteiger charge is 2.34. The summed E-state index contributed by atoms with van der Waals surface area (Å²) in [5.74, 6) is 2.20. The van der Waals surface area contributed by atoms with Crippen molar-refractivity contribution in [1.29, 1.82) is 0 Å². The third-order valence-electron chi connectivity index (χ3n) is 6.90. The third-order valence-corrected chi connectivity index (χ3v) is 9.28. The topological polar surface area (TPSA) is 79.0 Å². The molecule has 2 saturated carbocycles. The van der Waals surface area contributed by atoms with Crippen molar-refractivity contribution in [3.05, 3.63) is 18.6 Å². The summed E-state index contributed by atoms with van der Waals surface area (Å²) in [5.41, 5.74) is 0.860. The first-order chi connectivity index (χ1) is 13.4. The van der Waals surface area contributed by atoms with Crippen LogP contribution in [0.25, 0.3) is 11.0 Å². The van der Waals surface area contributed by atoms with E-state index in [2.05, 4.69) is 33.8 Å². The van der Waals surface area contributed by atoms with Crippen molar-refractivity contribution in [2.75, 3.05) is 17.7 Å². The highest BCUT2D eigenvalue weighted by Crippen LogP contribution is 2.34. The SMILES string of the molecule is CC1CCC[C@H](S(=O)(=O)CC2CCC(N(C)c3ncnc4[nH]ccc34)CC2)C1. The first-order valence-corrected chi connectivity index (χ1v) is 12.4. The Labute approximate surface area is 168 Å². The number of rotatable bonds is 5. The van der Waals surface area contributed by atoms with Gasteiger partial charge in [0.15, 0.2) is 9.84 Å². The molecule has 0 radical (unpaired) electrons. The number of nitrogens with zero attached hydrogens (tertiary/aromatic N) is 3. The summed E-state index contributed by atoms with van der Waals surface area (Å²) in [6.45, 7) is 2.19. The lowest BCUT2D eigenvalue weighted by atomic mass is 9.86. The zero-order chi connectivity index (χ0) is 19.7. The number of anilines is 1. The van der Waals surface area contributed by atoms with Crippen LogP contribution in [0.2, 0.25) is 0 Å². The maximum Gasteiger partial charge on any atom is 0.153 e. The van der Waals surface area contributed by atoms with Crippen molar-refractivity contribution in [2.24, 2.45) is 11.8 Å². The Kier molecular flexibility index (Phi) is 5.63. The standard InChI is InChI=1S/C21H32N4O2S/c1-15-4-3-5-18(12-15)28(26,27)13-16-6-8-17(9-7-16)25(2)21-19-10-11-22-20(19)23-14-24-21/h10-11,14-18H,3-9,12-13H2,1-2H3,(H,22,23,24)/t15?,16?,17?,18-/m0/s1. The highest BCUT2D eigenvalue weighted by atomic mass is 32.2. The van der Waals surface area contributed by atoms with Crippen molar-refractivity contribution < 1.29 is 8.42 Å². The van der Waals surface area contributed by atoms with Gasteiger partial charge in [0.2, 0.25) is 0 Å². The van der Waals surface area contributed by atoms with Gasteiger partial charge in [0, 0.05) is 19.3 Å². The average molecular weight is 405 g/mol. The summed E-state index contributed by atoms with van der Waals surface area (Å²) in [7, 11) is -0.868. The van der Waals surface area contributed by atoms with E-state index < -0.39 is 9.84 Å². The fourth-order valence-corrected chi connectivity index (χ4v) is 7.59. The van der Waals surface area contributed by atoms with Gasteiger partial charge in [0.25, 0.3) is 0 Å². The van der Waals surface area contributed by atoms with Crippen molar-refractivity contribution in [3.8, 4) is 0 Å². The molecule has 2 aromatic heterocycles. The predicted octanol–water partition coefficient (Wildman–Crippen LogP) is 3.95. The fourth-order valence-electron chi connectivity index (χ4n) is 5.18. The van der Waals surface area contributed by atoms with E-state index in [0.29, 0.717) is 23.6 Å². The van der Waals surface area contributed by atoms with E-state index >= 15 is 0 Å². The molecule has 4 rings (SSSR count). The Morgan fingerprint density at radius 1 is 1.14 bits per heavy atom. The molecule has 0 saturated heterocycles. The molecule has 154 valence electrons. The van der Waals surface area contributed by atoms with Crippen LogP contribution in [0.5, 0.6) is 0 Å². The molecule has 2 fully saturated rings. The molecular formula is C21H32N4O2S. The zero-order valence-corrected chi connectivity index (χ0v) is 17.8. The predicted molar refractivity (Wildman–Crippen MR) is 113 cm³/mol. The monoisotopic (exact) mass is 404 g/mol. The van der Waals surface area contributed by atoms with Crippen LogP contribution >= 0.6 is 0 Å². The molecule has 0 spiro atoms. The lowest BCUT2D eigenvalue weighted by Gasteiger charge is -2.36. The zero-order valence-electron chi connectivity index (χ0n) is 17.0. The molecule has 2 heterocycles. The van der Waals surface area contributed by atoms with Crippen LogP contribution in [0, 0.1) is 11.8 Å². The molecule has 1 N–H and O–H groups in total. The van der Waals surface area contributed by atoms with Crippen LogP contribution in [0.3, 0.4) is 0 Å². The number of aromatic nitrogens is 3. The summed E-state index contributed by atoms with van der Waals surface area (Å²) in [6, 6.07) is 2.42. The Morgan fingerprint density at radius 2 is 1.93 bits per heavy atom. The van der Waals surface area contributed by atoms with Gasteiger partial charge in [-0.25, -0.2) is 18.4 Å². The van der Waals surface area contributed by atoms with Gasteiger partial charge in [-0.15, -0.1) is 0 Å². The summed E-state index contributed by atoms with van der Waals surface area (Å²) in [4.78, 5) is 14.2.